The minimum Gasteiger partial charge on any atom is -0.340 e. The highest BCUT2D eigenvalue weighted by Gasteiger charge is 2.21. The second kappa shape index (κ2) is 12.0. The number of halogens is 2. The molecule has 1 amide bonds. The molecule has 8 heteroatoms. The Balaban J connectivity index is 0.00000242. The zero-order chi connectivity index (χ0) is 15.1. The van der Waals surface area contributed by atoms with E-state index in [2.05, 4.69) is 27.5 Å². The van der Waals surface area contributed by atoms with Crippen LogP contribution in [0.2, 0.25) is 0 Å². The number of hydrogen-bond donors (Lipinski definition) is 1. The van der Waals surface area contributed by atoms with Gasteiger partial charge in [0.25, 0.3) is 0 Å². The molecule has 0 spiro atoms. The third-order valence-electron chi connectivity index (χ3n) is 3.83. The number of aromatic nitrogens is 1. The Morgan fingerprint density at radius 2 is 2.00 bits per heavy atom. The maximum Gasteiger partial charge on any atom is 0.222 e. The number of piperazine rings is 1. The second-order valence-corrected chi connectivity index (χ2v) is 6.39. The van der Waals surface area contributed by atoms with Gasteiger partial charge in [0, 0.05) is 44.5 Å². The van der Waals surface area contributed by atoms with Crippen LogP contribution in [0.5, 0.6) is 0 Å². The lowest BCUT2D eigenvalue weighted by atomic mass is 10.2. The van der Waals surface area contributed by atoms with Crippen LogP contribution in [0.3, 0.4) is 0 Å². The molecule has 0 saturated carbocycles. The Morgan fingerprint density at radius 3 is 2.57 bits per heavy atom. The molecule has 0 radical (unpaired) electrons. The first kappa shape index (κ1) is 22.6. The number of thiazole rings is 1. The van der Waals surface area contributed by atoms with Crippen LogP contribution < -0.4 is 5.32 Å². The summed E-state index contributed by atoms with van der Waals surface area (Å²) in [6, 6.07) is 0. The molecule has 1 aromatic heterocycles. The summed E-state index contributed by atoms with van der Waals surface area (Å²) in [5, 5.41) is 6.45. The lowest BCUT2D eigenvalue weighted by molar-refractivity contribution is -0.133. The Kier molecular flexibility index (Phi) is 11.8. The van der Waals surface area contributed by atoms with E-state index in [0.717, 1.165) is 52.1 Å². The Bertz CT molecular complexity index is 450. The normalized spacial score (nSPS) is 15.0. The zero-order valence-corrected chi connectivity index (χ0v) is 16.4. The molecule has 0 bridgehead atoms. The van der Waals surface area contributed by atoms with Crippen LogP contribution in [-0.2, 0) is 17.8 Å². The van der Waals surface area contributed by atoms with Crippen molar-refractivity contribution in [3.8, 4) is 0 Å². The minimum absolute atomic E-state index is 0. The van der Waals surface area contributed by atoms with Gasteiger partial charge in [-0.3, -0.25) is 9.69 Å². The number of nitrogens with one attached hydrogen (secondary N) is 1. The molecule has 5 nitrogen and oxygen atoms in total. The molecular formula is C15H28Cl2N4OS. The number of hydrogen-bond acceptors (Lipinski definition) is 5. The summed E-state index contributed by atoms with van der Waals surface area (Å²) in [5.41, 5.74) is 1.17. The molecule has 0 aliphatic carbocycles. The summed E-state index contributed by atoms with van der Waals surface area (Å²) in [4.78, 5) is 21.1. The van der Waals surface area contributed by atoms with E-state index in [9.17, 15) is 4.79 Å². The molecule has 2 rings (SSSR count). The highest BCUT2D eigenvalue weighted by atomic mass is 35.5. The maximum absolute atomic E-state index is 12.0. The van der Waals surface area contributed by atoms with Crippen LogP contribution in [0, 0.1) is 0 Å². The predicted octanol–water partition coefficient (Wildman–Crippen LogP) is 2.19. The van der Waals surface area contributed by atoms with Gasteiger partial charge < -0.3 is 10.2 Å². The first-order valence-corrected chi connectivity index (χ1v) is 8.69. The fourth-order valence-corrected chi connectivity index (χ4v) is 3.28. The number of amides is 1. The molecule has 0 unspecified atom stereocenters. The first-order valence-electron chi connectivity index (χ1n) is 7.81. The Morgan fingerprint density at radius 1 is 1.30 bits per heavy atom. The van der Waals surface area contributed by atoms with Crippen molar-refractivity contribution in [3.05, 3.63) is 16.1 Å². The summed E-state index contributed by atoms with van der Waals surface area (Å²) in [6.07, 6.45) is 2.60. The number of rotatable bonds is 7. The Labute approximate surface area is 155 Å². The standard InChI is InChI=1S/C15H26N4OS.2ClH/c1-3-14-17-13(12-21-14)11-18-7-9-19(10-8-18)15(20)5-4-6-16-2;;/h12,16H,3-11H2,1-2H3;2*1H. The number of nitrogens with zero attached hydrogens (tertiary/aromatic N) is 3. The van der Waals surface area contributed by atoms with Gasteiger partial charge in [-0.15, -0.1) is 36.2 Å². The predicted molar refractivity (Wildman–Crippen MR) is 101 cm³/mol. The summed E-state index contributed by atoms with van der Waals surface area (Å²) < 4.78 is 0. The monoisotopic (exact) mass is 382 g/mol. The van der Waals surface area contributed by atoms with Gasteiger partial charge >= 0.3 is 0 Å². The third-order valence-corrected chi connectivity index (χ3v) is 4.87. The largest absolute Gasteiger partial charge is 0.340 e. The van der Waals surface area contributed by atoms with Crippen LogP contribution in [0.1, 0.15) is 30.5 Å². The summed E-state index contributed by atoms with van der Waals surface area (Å²) >= 11 is 1.75. The summed E-state index contributed by atoms with van der Waals surface area (Å²) in [7, 11) is 1.92. The van der Waals surface area contributed by atoms with E-state index in [0.29, 0.717) is 12.3 Å². The Hall–Kier alpha value is -0.400. The van der Waals surface area contributed by atoms with Crippen molar-refractivity contribution in [3.63, 3.8) is 0 Å². The SMILES string of the molecule is CCc1nc(CN2CCN(C(=O)CCCNC)CC2)cs1.Cl.Cl. The van der Waals surface area contributed by atoms with E-state index in [-0.39, 0.29) is 24.8 Å². The molecular weight excluding hydrogens is 355 g/mol. The molecule has 134 valence electrons. The van der Waals surface area contributed by atoms with Crippen molar-refractivity contribution < 1.29 is 4.79 Å². The molecule has 2 heterocycles. The maximum atomic E-state index is 12.0. The number of carbonyl (C=O) groups excluding carboxylic acids is 1. The van der Waals surface area contributed by atoms with Crippen LogP contribution in [-0.4, -0.2) is 60.5 Å². The highest BCUT2D eigenvalue weighted by molar-refractivity contribution is 7.09. The molecule has 1 N–H and O–H groups in total. The van der Waals surface area contributed by atoms with Gasteiger partial charge in [0.05, 0.1) is 10.7 Å². The van der Waals surface area contributed by atoms with Gasteiger partial charge in [0.2, 0.25) is 5.91 Å². The van der Waals surface area contributed by atoms with Crippen LogP contribution in [0.25, 0.3) is 0 Å². The quantitative estimate of drug-likeness (QED) is 0.734. The van der Waals surface area contributed by atoms with E-state index in [4.69, 9.17) is 0 Å². The molecule has 0 atom stereocenters. The zero-order valence-electron chi connectivity index (χ0n) is 13.9. The molecule has 0 aromatic carbocycles. The van der Waals surface area contributed by atoms with E-state index in [1.54, 1.807) is 11.3 Å². The van der Waals surface area contributed by atoms with Crippen molar-refractivity contribution in [2.24, 2.45) is 0 Å². The van der Waals surface area contributed by atoms with E-state index >= 15 is 0 Å². The van der Waals surface area contributed by atoms with Crippen LogP contribution in [0.15, 0.2) is 5.38 Å². The van der Waals surface area contributed by atoms with Crippen molar-refractivity contribution in [1.82, 2.24) is 20.1 Å². The van der Waals surface area contributed by atoms with Gasteiger partial charge in [-0.25, -0.2) is 4.98 Å². The lowest BCUT2D eigenvalue weighted by Crippen LogP contribution is -2.48. The van der Waals surface area contributed by atoms with Crippen LogP contribution >= 0.6 is 36.2 Å². The average Bonchev–Trinajstić information content (AvgIpc) is 2.96. The number of aryl methyl sites for hydroxylation is 1. The molecule has 1 aromatic rings. The molecule has 1 fully saturated rings. The summed E-state index contributed by atoms with van der Waals surface area (Å²) in [5.74, 6) is 0.298. The van der Waals surface area contributed by atoms with Crippen molar-refractivity contribution in [2.45, 2.75) is 32.7 Å². The van der Waals surface area contributed by atoms with Crippen molar-refractivity contribution in [1.29, 1.82) is 0 Å². The van der Waals surface area contributed by atoms with E-state index in [1.165, 1.54) is 10.7 Å². The van der Waals surface area contributed by atoms with Gasteiger partial charge in [-0.1, -0.05) is 6.92 Å². The first-order chi connectivity index (χ1) is 10.2. The van der Waals surface area contributed by atoms with Gasteiger partial charge in [0.15, 0.2) is 0 Å². The minimum atomic E-state index is 0. The van der Waals surface area contributed by atoms with E-state index < -0.39 is 0 Å². The van der Waals surface area contributed by atoms with Gasteiger partial charge in [0.1, 0.15) is 0 Å². The number of carbonyl (C=O) groups is 1. The van der Waals surface area contributed by atoms with Gasteiger partial charge in [-0.05, 0) is 26.4 Å². The highest BCUT2D eigenvalue weighted by Crippen LogP contribution is 2.14. The van der Waals surface area contributed by atoms with Crippen molar-refractivity contribution in [2.75, 3.05) is 39.8 Å². The molecule has 1 aliphatic rings. The smallest absolute Gasteiger partial charge is 0.222 e. The second-order valence-electron chi connectivity index (χ2n) is 5.45. The van der Waals surface area contributed by atoms with E-state index in [1.807, 2.05) is 11.9 Å². The van der Waals surface area contributed by atoms with Crippen LogP contribution in [0.4, 0.5) is 0 Å². The fourth-order valence-electron chi connectivity index (χ4n) is 2.54. The molecule has 1 saturated heterocycles. The topological polar surface area (TPSA) is 48.5 Å². The fraction of sp³-hybridized carbons (Fsp3) is 0.733. The van der Waals surface area contributed by atoms with Crippen molar-refractivity contribution >= 4 is 42.1 Å². The lowest BCUT2D eigenvalue weighted by Gasteiger charge is -2.34. The molecule has 23 heavy (non-hydrogen) atoms. The average molecular weight is 383 g/mol. The summed E-state index contributed by atoms with van der Waals surface area (Å²) in [6.45, 7) is 7.58. The third kappa shape index (κ3) is 7.35. The van der Waals surface area contributed by atoms with Gasteiger partial charge in [-0.2, -0.15) is 0 Å². The molecule has 1 aliphatic heterocycles.